The summed E-state index contributed by atoms with van der Waals surface area (Å²) in [4.78, 5) is 4.07. The molecule has 0 saturated heterocycles. The molecule has 0 saturated carbocycles. The molecule has 0 amide bonds. The topological polar surface area (TPSA) is 24.9 Å². The van der Waals surface area contributed by atoms with Gasteiger partial charge in [0, 0.05) is 24.5 Å². The van der Waals surface area contributed by atoms with Crippen molar-refractivity contribution < 1.29 is 0 Å². The molecule has 2 aromatic rings. The van der Waals surface area contributed by atoms with E-state index in [0.717, 1.165) is 6.42 Å². The van der Waals surface area contributed by atoms with Gasteiger partial charge in [-0.1, -0.05) is 36.8 Å². The maximum atomic E-state index is 4.07. The molecule has 0 fully saturated rings. The summed E-state index contributed by atoms with van der Waals surface area (Å²) in [6.07, 6.45) is 4.78. The van der Waals surface area contributed by atoms with Crippen LogP contribution in [0.5, 0.6) is 0 Å². The lowest BCUT2D eigenvalue weighted by molar-refractivity contribution is 0.456. The Kier molecular flexibility index (Phi) is 4.69. The van der Waals surface area contributed by atoms with Crippen LogP contribution in [0.15, 0.2) is 48.8 Å². The molecular formula is C17H22N2. The zero-order valence-electron chi connectivity index (χ0n) is 11.9. The van der Waals surface area contributed by atoms with Crippen LogP contribution in [0, 0.1) is 6.92 Å². The minimum absolute atomic E-state index is 0.328. The van der Waals surface area contributed by atoms with E-state index in [-0.39, 0.29) is 0 Å². The molecule has 2 atom stereocenters. The second-order valence-electron chi connectivity index (χ2n) is 5.04. The Labute approximate surface area is 115 Å². The van der Waals surface area contributed by atoms with E-state index in [4.69, 9.17) is 0 Å². The Hall–Kier alpha value is -1.67. The van der Waals surface area contributed by atoms with E-state index >= 15 is 0 Å². The van der Waals surface area contributed by atoms with Crippen molar-refractivity contribution in [3.8, 4) is 0 Å². The average molecular weight is 254 g/mol. The van der Waals surface area contributed by atoms with Gasteiger partial charge in [-0.25, -0.2) is 0 Å². The molecule has 0 aliphatic carbocycles. The number of nitrogens with one attached hydrogen (secondary N) is 1. The van der Waals surface area contributed by atoms with E-state index in [9.17, 15) is 0 Å². The molecule has 2 unspecified atom stereocenters. The number of aromatic nitrogens is 1. The zero-order chi connectivity index (χ0) is 13.7. The van der Waals surface area contributed by atoms with Gasteiger partial charge in [0.25, 0.3) is 0 Å². The number of benzene rings is 1. The lowest BCUT2D eigenvalue weighted by Crippen LogP contribution is -2.24. The molecule has 1 heterocycles. The molecule has 1 N–H and O–H groups in total. The minimum atomic E-state index is 0.328. The molecule has 0 radical (unpaired) electrons. The van der Waals surface area contributed by atoms with Crippen molar-refractivity contribution >= 4 is 0 Å². The van der Waals surface area contributed by atoms with Crippen molar-refractivity contribution in [2.45, 2.75) is 39.3 Å². The van der Waals surface area contributed by atoms with E-state index in [1.54, 1.807) is 0 Å². The highest BCUT2D eigenvalue weighted by molar-refractivity contribution is 5.25. The van der Waals surface area contributed by atoms with Gasteiger partial charge in [0.05, 0.1) is 0 Å². The van der Waals surface area contributed by atoms with Crippen LogP contribution in [-0.2, 0) is 0 Å². The van der Waals surface area contributed by atoms with E-state index < -0.39 is 0 Å². The fraction of sp³-hybridized carbons (Fsp3) is 0.353. The first-order valence-electron chi connectivity index (χ1n) is 6.93. The van der Waals surface area contributed by atoms with Gasteiger partial charge in [0.15, 0.2) is 0 Å². The third-order valence-corrected chi connectivity index (χ3v) is 3.55. The van der Waals surface area contributed by atoms with Crippen molar-refractivity contribution in [2.75, 3.05) is 0 Å². The maximum Gasteiger partial charge on any atom is 0.0323 e. The number of aryl methyl sites for hydroxylation is 1. The molecule has 19 heavy (non-hydrogen) atoms. The molecule has 0 bridgehead atoms. The van der Waals surface area contributed by atoms with Gasteiger partial charge in [0.1, 0.15) is 0 Å². The Bertz CT molecular complexity index is 490. The predicted molar refractivity (Wildman–Crippen MR) is 80.0 cm³/mol. The first kappa shape index (κ1) is 13.8. The number of nitrogens with zero attached hydrogens (tertiary/aromatic N) is 1. The molecule has 2 nitrogen and oxygen atoms in total. The maximum absolute atomic E-state index is 4.07. The molecule has 0 aliphatic rings. The van der Waals surface area contributed by atoms with E-state index in [0.29, 0.717) is 12.1 Å². The van der Waals surface area contributed by atoms with Crippen LogP contribution < -0.4 is 5.32 Å². The Morgan fingerprint density at radius 2 is 1.63 bits per heavy atom. The largest absolute Gasteiger partial charge is 0.303 e. The molecule has 100 valence electrons. The third-order valence-electron chi connectivity index (χ3n) is 3.55. The average Bonchev–Trinajstić information content (AvgIpc) is 2.46. The van der Waals surface area contributed by atoms with Crippen LogP contribution in [0.3, 0.4) is 0 Å². The highest BCUT2D eigenvalue weighted by atomic mass is 14.9. The summed E-state index contributed by atoms with van der Waals surface area (Å²) in [5.74, 6) is 0. The zero-order valence-corrected chi connectivity index (χ0v) is 11.9. The van der Waals surface area contributed by atoms with Crippen LogP contribution in [0.2, 0.25) is 0 Å². The van der Waals surface area contributed by atoms with Crippen LogP contribution in [0.1, 0.15) is 49.0 Å². The summed E-state index contributed by atoms with van der Waals surface area (Å²) in [6.45, 7) is 6.54. The van der Waals surface area contributed by atoms with Crippen LogP contribution in [0.25, 0.3) is 0 Å². The van der Waals surface area contributed by atoms with Gasteiger partial charge in [-0.3, -0.25) is 4.98 Å². The Balaban J connectivity index is 2.09. The summed E-state index contributed by atoms with van der Waals surface area (Å²) < 4.78 is 0. The Morgan fingerprint density at radius 1 is 1.00 bits per heavy atom. The van der Waals surface area contributed by atoms with E-state index in [2.05, 4.69) is 67.5 Å². The van der Waals surface area contributed by atoms with E-state index in [1.165, 1.54) is 16.7 Å². The number of hydrogen-bond donors (Lipinski definition) is 1. The van der Waals surface area contributed by atoms with Crippen LogP contribution in [0.4, 0.5) is 0 Å². The second kappa shape index (κ2) is 6.48. The van der Waals surface area contributed by atoms with Gasteiger partial charge < -0.3 is 5.32 Å². The van der Waals surface area contributed by atoms with Crippen LogP contribution >= 0.6 is 0 Å². The molecule has 0 spiro atoms. The van der Waals surface area contributed by atoms with E-state index in [1.807, 2.05) is 12.4 Å². The Morgan fingerprint density at radius 3 is 2.21 bits per heavy atom. The lowest BCUT2D eigenvalue weighted by Gasteiger charge is -2.23. The van der Waals surface area contributed by atoms with Gasteiger partial charge in [0.2, 0.25) is 0 Å². The molecular weight excluding hydrogens is 232 g/mol. The van der Waals surface area contributed by atoms with Gasteiger partial charge in [-0.05, 0) is 43.5 Å². The van der Waals surface area contributed by atoms with Gasteiger partial charge in [-0.2, -0.15) is 0 Å². The summed E-state index contributed by atoms with van der Waals surface area (Å²) >= 11 is 0. The molecule has 1 aromatic carbocycles. The third kappa shape index (κ3) is 3.65. The second-order valence-corrected chi connectivity index (χ2v) is 5.04. The molecule has 2 rings (SSSR count). The van der Waals surface area contributed by atoms with Crippen molar-refractivity contribution in [3.63, 3.8) is 0 Å². The van der Waals surface area contributed by atoms with Crippen LogP contribution in [-0.4, -0.2) is 4.98 Å². The smallest absolute Gasteiger partial charge is 0.0323 e. The van der Waals surface area contributed by atoms with Crippen molar-refractivity contribution in [1.82, 2.24) is 10.3 Å². The van der Waals surface area contributed by atoms with Crippen molar-refractivity contribution in [2.24, 2.45) is 0 Å². The lowest BCUT2D eigenvalue weighted by atomic mass is 10.0. The number of pyridine rings is 1. The standard InChI is InChI=1S/C17H22N2/c1-4-17(16-7-5-13(2)6-8-16)19-14(3)15-9-11-18-12-10-15/h5-12,14,17,19H,4H2,1-3H3. The van der Waals surface area contributed by atoms with Gasteiger partial charge >= 0.3 is 0 Å². The SMILES string of the molecule is CCC(NC(C)c1ccncc1)c1ccc(C)cc1. The first-order chi connectivity index (χ1) is 9.20. The summed E-state index contributed by atoms with van der Waals surface area (Å²) in [5, 5.41) is 3.69. The monoisotopic (exact) mass is 254 g/mol. The molecule has 1 aromatic heterocycles. The summed E-state index contributed by atoms with van der Waals surface area (Å²) in [7, 11) is 0. The minimum Gasteiger partial charge on any atom is -0.303 e. The summed E-state index contributed by atoms with van der Waals surface area (Å²) in [5.41, 5.74) is 3.94. The predicted octanol–water partition coefficient (Wildman–Crippen LogP) is 4.19. The normalized spacial score (nSPS) is 14.1. The highest BCUT2D eigenvalue weighted by Gasteiger charge is 2.13. The fourth-order valence-electron chi connectivity index (χ4n) is 2.30. The summed E-state index contributed by atoms with van der Waals surface area (Å²) in [6, 6.07) is 13.6. The fourth-order valence-corrected chi connectivity index (χ4v) is 2.30. The first-order valence-corrected chi connectivity index (χ1v) is 6.93. The highest BCUT2D eigenvalue weighted by Crippen LogP contribution is 2.22. The van der Waals surface area contributed by atoms with Crippen molar-refractivity contribution in [3.05, 3.63) is 65.5 Å². The van der Waals surface area contributed by atoms with Gasteiger partial charge in [-0.15, -0.1) is 0 Å². The molecule has 0 aliphatic heterocycles. The van der Waals surface area contributed by atoms with Crippen molar-refractivity contribution in [1.29, 1.82) is 0 Å². The number of hydrogen-bond acceptors (Lipinski definition) is 2. The number of rotatable bonds is 5. The molecule has 2 heteroatoms. The quantitative estimate of drug-likeness (QED) is 0.865.